The zero-order valence-electron chi connectivity index (χ0n) is 16.6. The number of methoxy groups -OCH3 is 2. The van der Waals surface area contributed by atoms with Crippen LogP contribution >= 0.6 is 0 Å². The average molecular weight is 386 g/mol. The molecule has 0 amide bonds. The van der Waals surface area contributed by atoms with E-state index in [2.05, 4.69) is 35.8 Å². The number of carbonyl (C=O) groups is 1. The Balaban J connectivity index is 1.97. The fourth-order valence-electron chi connectivity index (χ4n) is 3.22. The van der Waals surface area contributed by atoms with Crippen molar-refractivity contribution in [1.82, 2.24) is 14.8 Å². The van der Waals surface area contributed by atoms with Crippen LogP contribution in [-0.4, -0.2) is 41.6 Å². The van der Waals surface area contributed by atoms with Gasteiger partial charge in [-0.05, 0) is 30.0 Å². The highest BCUT2D eigenvalue weighted by Crippen LogP contribution is 2.40. The third kappa shape index (κ3) is 3.81. The lowest BCUT2D eigenvalue weighted by molar-refractivity contribution is -0.145. The Hall–Kier alpha value is -3.03. The summed E-state index contributed by atoms with van der Waals surface area (Å²) >= 11 is 0. The summed E-state index contributed by atoms with van der Waals surface area (Å²) < 4.78 is 18.1. The fourth-order valence-corrected chi connectivity index (χ4v) is 3.22. The van der Waals surface area contributed by atoms with E-state index < -0.39 is 17.9 Å². The van der Waals surface area contributed by atoms with Crippen molar-refractivity contribution in [3.05, 3.63) is 42.4 Å². The van der Waals surface area contributed by atoms with Gasteiger partial charge in [0.25, 0.3) is 0 Å². The molecule has 0 aliphatic carbocycles. The van der Waals surface area contributed by atoms with Crippen LogP contribution in [0.1, 0.15) is 31.9 Å². The molecule has 2 unspecified atom stereocenters. The molecule has 0 saturated heterocycles. The van der Waals surface area contributed by atoms with E-state index in [0.717, 1.165) is 12.0 Å². The zero-order valence-corrected chi connectivity index (χ0v) is 16.6. The lowest BCUT2D eigenvalue weighted by Gasteiger charge is -2.33. The predicted octanol–water partition coefficient (Wildman–Crippen LogP) is 3.03. The topological polar surface area (TPSA) is 87.5 Å². The fraction of sp³-hybridized carbons (Fsp3) is 0.450. The molecule has 1 aromatic heterocycles. The largest absolute Gasteiger partial charge is 0.493 e. The quantitative estimate of drug-likeness (QED) is 0.732. The Kier molecular flexibility index (Phi) is 5.87. The Labute approximate surface area is 164 Å². The number of ether oxygens (including phenoxy) is 3. The maximum absolute atomic E-state index is 12.5. The van der Waals surface area contributed by atoms with E-state index in [1.54, 1.807) is 11.8 Å². The minimum atomic E-state index is -0.656. The first kappa shape index (κ1) is 19.7. The van der Waals surface area contributed by atoms with Crippen LogP contribution in [0.2, 0.25) is 0 Å². The van der Waals surface area contributed by atoms with Crippen LogP contribution in [0.4, 0.5) is 5.95 Å². The average Bonchev–Trinajstić information content (AvgIpc) is 3.14. The van der Waals surface area contributed by atoms with Gasteiger partial charge in [0, 0.05) is 5.70 Å². The molecule has 1 aliphatic heterocycles. The third-order valence-corrected chi connectivity index (χ3v) is 4.74. The highest BCUT2D eigenvalue weighted by Gasteiger charge is 2.40. The molecule has 0 radical (unpaired) electrons. The van der Waals surface area contributed by atoms with Crippen molar-refractivity contribution < 1.29 is 19.0 Å². The van der Waals surface area contributed by atoms with E-state index in [-0.39, 0.29) is 0 Å². The highest BCUT2D eigenvalue weighted by atomic mass is 16.5. The van der Waals surface area contributed by atoms with E-state index in [1.807, 2.05) is 18.2 Å². The number of fused-ring (bicyclic) bond motifs is 1. The van der Waals surface area contributed by atoms with Gasteiger partial charge in [-0.2, -0.15) is 10.1 Å². The molecule has 0 fully saturated rings. The number of esters is 1. The Bertz CT molecular complexity index is 862. The van der Waals surface area contributed by atoms with Crippen molar-refractivity contribution in [2.24, 2.45) is 11.8 Å². The normalized spacial score (nSPS) is 18.4. The maximum Gasteiger partial charge on any atom is 0.317 e. The summed E-state index contributed by atoms with van der Waals surface area (Å²) in [4.78, 5) is 16.7. The molecule has 8 nitrogen and oxygen atoms in total. The molecule has 1 aliphatic rings. The monoisotopic (exact) mass is 386 g/mol. The second-order valence-electron chi connectivity index (χ2n) is 7.07. The van der Waals surface area contributed by atoms with Crippen molar-refractivity contribution in [2.75, 3.05) is 26.1 Å². The Morgan fingerprint density at radius 2 is 2.11 bits per heavy atom. The number of benzene rings is 1. The molecule has 1 N–H and O–H groups in total. The molecule has 150 valence electrons. The SMILES string of the molecule is C=C1Nc2ncnn2C(c2ccc(OCCC(C)C)c(OC)c2)C1C(=O)OC. The molecule has 8 heteroatoms. The number of nitrogens with one attached hydrogen (secondary N) is 1. The molecule has 0 saturated carbocycles. The molecule has 0 spiro atoms. The molecule has 0 bridgehead atoms. The highest BCUT2D eigenvalue weighted by molar-refractivity contribution is 5.79. The maximum atomic E-state index is 12.5. The number of aromatic nitrogens is 3. The smallest absolute Gasteiger partial charge is 0.317 e. The number of nitrogens with zero attached hydrogens (tertiary/aromatic N) is 3. The van der Waals surface area contributed by atoms with Gasteiger partial charge < -0.3 is 19.5 Å². The molecule has 1 aromatic carbocycles. The Morgan fingerprint density at radius 3 is 2.79 bits per heavy atom. The first-order valence-corrected chi connectivity index (χ1v) is 9.20. The molecule has 2 heterocycles. The summed E-state index contributed by atoms with van der Waals surface area (Å²) in [5, 5.41) is 7.31. The molecule has 3 rings (SSSR count). The van der Waals surface area contributed by atoms with E-state index in [1.165, 1.54) is 13.4 Å². The number of hydrogen-bond acceptors (Lipinski definition) is 7. The van der Waals surface area contributed by atoms with Crippen molar-refractivity contribution in [2.45, 2.75) is 26.3 Å². The van der Waals surface area contributed by atoms with Crippen molar-refractivity contribution in [3.63, 3.8) is 0 Å². The van der Waals surface area contributed by atoms with Crippen LogP contribution in [0.15, 0.2) is 36.8 Å². The van der Waals surface area contributed by atoms with Gasteiger partial charge in [-0.1, -0.05) is 26.5 Å². The summed E-state index contributed by atoms with van der Waals surface area (Å²) in [6, 6.07) is 5.15. The van der Waals surface area contributed by atoms with Gasteiger partial charge in [-0.3, -0.25) is 4.79 Å². The summed E-state index contributed by atoms with van der Waals surface area (Å²) in [5.41, 5.74) is 1.33. The van der Waals surface area contributed by atoms with E-state index in [9.17, 15) is 4.79 Å². The summed E-state index contributed by atoms with van der Waals surface area (Å²) in [6.45, 7) is 8.89. The van der Waals surface area contributed by atoms with Crippen LogP contribution < -0.4 is 14.8 Å². The van der Waals surface area contributed by atoms with E-state index in [4.69, 9.17) is 14.2 Å². The summed E-state index contributed by atoms with van der Waals surface area (Å²) in [6.07, 6.45) is 2.38. The van der Waals surface area contributed by atoms with Gasteiger partial charge in [0.2, 0.25) is 5.95 Å². The summed E-state index contributed by atoms with van der Waals surface area (Å²) in [7, 11) is 2.95. The van der Waals surface area contributed by atoms with Crippen molar-refractivity contribution in [3.8, 4) is 11.5 Å². The number of hydrogen-bond donors (Lipinski definition) is 1. The van der Waals surface area contributed by atoms with E-state index in [0.29, 0.717) is 35.7 Å². The molecule has 2 atom stereocenters. The van der Waals surface area contributed by atoms with Gasteiger partial charge in [0.15, 0.2) is 11.5 Å². The first-order chi connectivity index (χ1) is 13.5. The molecular formula is C20H26N4O4. The molecule has 28 heavy (non-hydrogen) atoms. The van der Waals surface area contributed by atoms with E-state index >= 15 is 0 Å². The van der Waals surface area contributed by atoms with Crippen LogP contribution in [0, 0.1) is 11.8 Å². The Morgan fingerprint density at radius 1 is 1.32 bits per heavy atom. The number of carbonyl (C=O) groups excluding carboxylic acids is 1. The van der Waals surface area contributed by atoms with Gasteiger partial charge in [0.05, 0.1) is 26.9 Å². The summed E-state index contributed by atoms with van der Waals surface area (Å²) in [5.74, 6) is 1.27. The lowest BCUT2D eigenvalue weighted by Crippen LogP contribution is -2.37. The molecular weight excluding hydrogens is 360 g/mol. The van der Waals surface area contributed by atoms with Gasteiger partial charge in [-0.15, -0.1) is 0 Å². The zero-order chi connectivity index (χ0) is 20.3. The minimum absolute atomic E-state index is 0.403. The van der Waals surface area contributed by atoms with Crippen LogP contribution in [0.5, 0.6) is 11.5 Å². The van der Waals surface area contributed by atoms with Crippen LogP contribution in [0.25, 0.3) is 0 Å². The van der Waals surface area contributed by atoms with Gasteiger partial charge in [0.1, 0.15) is 12.2 Å². The number of anilines is 1. The van der Waals surface area contributed by atoms with Crippen molar-refractivity contribution in [1.29, 1.82) is 0 Å². The first-order valence-electron chi connectivity index (χ1n) is 9.20. The molecule has 2 aromatic rings. The predicted molar refractivity (Wildman–Crippen MR) is 104 cm³/mol. The van der Waals surface area contributed by atoms with Gasteiger partial charge >= 0.3 is 5.97 Å². The second kappa shape index (κ2) is 8.33. The standard InChI is InChI=1S/C20H26N4O4/c1-12(2)8-9-28-15-7-6-14(10-16(15)26-4)18-17(19(25)27-5)13(3)23-20-21-11-22-24(18)20/h6-7,10-12,17-18H,3,8-9H2,1-2,4-5H3,(H,21,22,23). The van der Waals surface area contributed by atoms with Crippen LogP contribution in [-0.2, 0) is 9.53 Å². The van der Waals surface area contributed by atoms with Crippen LogP contribution in [0.3, 0.4) is 0 Å². The number of rotatable bonds is 7. The minimum Gasteiger partial charge on any atom is -0.493 e. The second-order valence-corrected chi connectivity index (χ2v) is 7.07. The van der Waals surface area contributed by atoms with Crippen molar-refractivity contribution >= 4 is 11.9 Å². The van der Waals surface area contributed by atoms with Gasteiger partial charge in [-0.25, -0.2) is 4.68 Å². The third-order valence-electron chi connectivity index (χ3n) is 4.74. The lowest BCUT2D eigenvalue weighted by atomic mass is 9.89.